The summed E-state index contributed by atoms with van der Waals surface area (Å²) in [6, 6.07) is 5.06. The predicted octanol–water partition coefficient (Wildman–Crippen LogP) is -2.07. The highest BCUT2D eigenvalue weighted by molar-refractivity contribution is 6.47. The molecule has 2 aliphatic heterocycles. The van der Waals surface area contributed by atoms with E-state index in [1.165, 1.54) is 23.1 Å². The monoisotopic (exact) mass is 543 g/mol. The fraction of sp³-hybridized carbons (Fsp3) is 0.348. The normalized spacial score (nSPS) is 18.7. The summed E-state index contributed by atoms with van der Waals surface area (Å²) in [6.45, 7) is 2.11. The first-order valence-corrected chi connectivity index (χ1v) is 11.9. The number of fused-ring (bicyclic) bond motifs is 1. The summed E-state index contributed by atoms with van der Waals surface area (Å²) < 4.78 is 5.39. The Morgan fingerprint density at radius 2 is 1.92 bits per heavy atom. The number of carbonyl (C=O) groups is 4. The van der Waals surface area contributed by atoms with Crippen molar-refractivity contribution in [2.45, 2.75) is 31.7 Å². The lowest BCUT2D eigenvalue weighted by molar-refractivity contribution is -0.166. The van der Waals surface area contributed by atoms with Gasteiger partial charge < -0.3 is 40.3 Å². The molecule has 0 saturated carbocycles. The summed E-state index contributed by atoms with van der Waals surface area (Å²) in [5.74, 6) is -6.45. The van der Waals surface area contributed by atoms with E-state index in [1.807, 2.05) is 0 Å². The van der Waals surface area contributed by atoms with Gasteiger partial charge in [-0.1, -0.05) is 12.1 Å². The molecule has 206 valence electrons. The summed E-state index contributed by atoms with van der Waals surface area (Å²) >= 11 is 0. The van der Waals surface area contributed by atoms with Crippen molar-refractivity contribution >= 4 is 30.8 Å². The number of benzene rings is 1. The zero-order valence-electron chi connectivity index (χ0n) is 20.6. The van der Waals surface area contributed by atoms with E-state index in [9.17, 15) is 44.6 Å². The van der Waals surface area contributed by atoms with Crippen LogP contribution in [0.1, 0.15) is 34.6 Å². The van der Waals surface area contributed by atoms with Crippen molar-refractivity contribution in [1.29, 1.82) is 0 Å². The zero-order valence-corrected chi connectivity index (χ0v) is 20.6. The van der Waals surface area contributed by atoms with Crippen LogP contribution >= 0.6 is 0 Å². The second-order valence-electron chi connectivity index (χ2n) is 8.86. The first kappa shape index (κ1) is 27.6. The number of hydrogen-bond donors (Lipinski definition) is 7. The molecule has 16 heteroatoms. The Bertz CT molecular complexity index is 1310. The minimum absolute atomic E-state index is 0.0150. The molecule has 7 N–H and O–H groups in total. The van der Waals surface area contributed by atoms with Crippen molar-refractivity contribution in [3.63, 3.8) is 0 Å². The van der Waals surface area contributed by atoms with Crippen LogP contribution in [0.15, 0.2) is 30.3 Å². The van der Waals surface area contributed by atoms with Crippen LogP contribution in [0.4, 0.5) is 0 Å². The predicted molar refractivity (Wildman–Crippen MR) is 131 cm³/mol. The quantitative estimate of drug-likeness (QED) is 0.108. The lowest BCUT2D eigenvalue weighted by Crippen LogP contribution is -2.62. The molecule has 0 aliphatic carbocycles. The number of amides is 3. The largest absolute Gasteiger partial charge is 0.547 e. The van der Waals surface area contributed by atoms with Gasteiger partial charge in [0, 0.05) is 19.6 Å². The number of aliphatic hydroxyl groups is 1. The second kappa shape index (κ2) is 11.1. The number of hydrogen-bond acceptors (Lipinski definition) is 11. The van der Waals surface area contributed by atoms with Crippen molar-refractivity contribution in [3.8, 4) is 17.4 Å². The van der Waals surface area contributed by atoms with Gasteiger partial charge in [-0.2, -0.15) is 0 Å². The van der Waals surface area contributed by atoms with Gasteiger partial charge >= 0.3 is 24.9 Å². The SMILES string of the molecule is CCN1CCN(C(O)NC(C(=O)N[C@H]2Cc3cccc(C(=O)O)c3OB2O)c2ccc(O)c(O)n2)C(=O)C1=O. The molecule has 0 radical (unpaired) electrons. The summed E-state index contributed by atoms with van der Waals surface area (Å²) in [4.78, 5) is 55.6. The fourth-order valence-corrected chi connectivity index (χ4v) is 4.36. The molecule has 1 aromatic heterocycles. The van der Waals surface area contributed by atoms with Gasteiger partial charge in [-0.25, -0.2) is 9.78 Å². The van der Waals surface area contributed by atoms with Crippen LogP contribution in [-0.2, 0) is 20.8 Å². The van der Waals surface area contributed by atoms with Crippen LogP contribution in [0.5, 0.6) is 17.4 Å². The lowest BCUT2D eigenvalue weighted by atomic mass is 9.72. The van der Waals surface area contributed by atoms with Gasteiger partial charge in [-0.15, -0.1) is 0 Å². The number of carboxylic acid groups (broad SMARTS) is 1. The van der Waals surface area contributed by atoms with Gasteiger partial charge in [-0.3, -0.25) is 24.6 Å². The fourth-order valence-electron chi connectivity index (χ4n) is 4.36. The van der Waals surface area contributed by atoms with Crippen LogP contribution in [0.3, 0.4) is 0 Å². The number of rotatable bonds is 8. The number of nitrogens with one attached hydrogen (secondary N) is 2. The minimum atomic E-state index is -1.83. The van der Waals surface area contributed by atoms with E-state index >= 15 is 0 Å². The van der Waals surface area contributed by atoms with E-state index in [0.717, 1.165) is 11.0 Å². The second-order valence-corrected chi connectivity index (χ2v) is 8.86. The number of pyridine rings is 1. The van der Waals surface area contributed by atoms with Crippen molar-refractivity contribution in [2.75, 3.05) is 19.6 Å². The highest BCUT2D eigenvalue weighted by atomic mass is 16.5. The first-order chi connectivity index (χ1) is 18.5. The Morgan fingerprint density at radius 3 is 2.59 bits per heavy atom. The summed E-state index contributed by atoms with van der Waals surface area (Å²) in [5.41, 5.74) is 0.0751. The van der Waals surface area contributed by atoms with Crippen molar-refractivity contribution in [3.05, 3.63) is 47.2 Å². The summed E-state index contributed by atoms with van der Waals surface area (Å²) in [7, 11) is -1.64. The Kier molecular flexibility index (Phi) is 7.89. The van der Waals surface area contributed by atoms with Gasteiger partial charge in [-0.05, 0) is 37.1 Å². The van der Waals surface area contributed by atoms with E-state index < -0.39 is 60.8 Å². The summed E-state index contributed by atoms with van der Waals surface area (Å²) in [5, 5.41) is 55.2. The van der Waals surface area contributed by atoms with E-state index in [-0.39, 0.29) is 36.5 Å². The van der Waals surface area contributed by atoms with Crippen LogP contribution < -0.4 is 15.3 Å². The molecule has 1 saturated heterocycles. The topological polar surface area (TPSA) is 222 Å². The molecule has 3 amide bonds. The van der Waals surface area contributed by atoms with E-state index in [0.29, 0.717) is 12.1 Å². The Morgan fingerprint density at radius 1 is 1.18 bits per heavy atom. The number of nitrogens with zero attached hydrogens (tertiary/aromatic N) is 3. The lowest BCUT2D eigenvalue weighted by Gasteiger charge is -2.37. The van der Waals surface area contributed by atoms with Crippen molar-refractivity contribution in [1.82, 2.24) is 25.4 Å². The molecular weight excluding hydrogens is 517 g/mol. The van der Waals surface area contributed by atoms with Crippen LogP contribution in [-0.4, -0.2) is 103 Å². The third-order valence-electron chi connectivity index (χ3n) is 6.45. The third-order valence-corrected chi connectivity index (χ3v) is 6.45. The molecule has 3 heterocycles. The number of aromatic nitrogens is 1. The molecule has 0 bridgehead atoms. The molecule has 1 aromatic carbocycles. The van der Waals surface area contributed by atoms with Crippen LogP contribution in [0, 0.1) is 0 Å². The van der Waals surface area contributed by atoms with E-state index in [2.05, 4.69) is 15.6 Å². The number of aromatic carboxylic acids is 1. The molecule has 4 rings (SSSR count). The maximum atomic E-state index is 13.4. The molecular formula is C23H26BN5O10. The first-order valence-electron chi connectivity index (χ1n) is 11.9. The number of carboxylic acids is 1. The molecule has 39 heavy (non-hydrogen) atoms. The van der Waals surface area contributed by atoms with Gasteiger partial charge in [0.15, 0.2) is 12.1 Å². The highest BCUT2D eigenvalue weighted by Crippen LogP contribution is 2.31. The number of aromatic hydroxyl groups is 2. The molecule has 15 nitrogen and oxygen atoms in total. The Hall–Kier alpha value is -4.41. The van der Waals surface area contributed by atoms with E-state index in [1.54, 1.807) is 13.0 Å². The number of para-hydroxylation sites is 1. The van der Waals surface area contributed by atoms with Gasteiger partial charge in [0.1, 0.15) is 11.8 Å². The van der Waals surface area contributed by atoms with E-state index in [4.69, 9.17) is 4.65 Å². The number of aliphatic hydroxyl groups excluding tert-OH is 1. The molecule has 0 spiro atoms. The van der Waals surface area contributed by atoms with Gasteiger partial charge in [0.25, 0.3) is 5.88 Å². The molecule has 2 unspecified atom stereocenters. The maximum absolute atomic E-state index is 13.4. The molecule has 1 fully saturated rings. The molecule has 3 atom stereocenters. The third kappa shape index (κ3) is 5.57. The standard InChI is InChI=1S/C23H26BN5O10/c1-2-28-8-9-29(21(34)20(28)33)23(37)27-16(13-6-7-14(30)18(31)25-13)19(32)26-15-10-11-4-3-5-12(22(35)36)17(11)39-24(15)38/h3-7,15-16,23,27,30,37-38H,2,8-10H2,1H3,(H,25,31)(H,26,32)(H,35,36)/t15-,16?,23?/m0/s1. The smallest absolute Gasteiger partial charge is 0.534 e. The van der Waals surface area contributed by atoms with Crippen LogP contribution in [0.2, 0.25) is 0 Å². The number of carbonyl (C=O) groups excluding carboxylic acids is 3. The average Bonchev–Trinajstić information content (AvgIpc) is 2.90. The highest BCUT2D eigenvalue weighted by Gasteiger charge is 2.41. The van der Waals surface area contributed by atoms with Crippen LogP contribution in [0.25, 0.3) is 0 Å². The Balaban J connectivity index is 1.57. The van der Waals surface area contributed by atoms with Gasteiger partial charge in [0.2, 0.25) is 5.91 Å². The average molecular weight is 543 g/mol. The Labute approximate surface area is 221 Å². The summed E-state index contributed by atoms with van der Waals surface area (Å²) in [6.07, 6.45) is -1.85. The minimum Gasteiger partial charge on any atom is -0.534 e. The number of piperazine rings is 1. The van der Waals surface area contributed by atoms with Gasteiger partial charge in [0.05, 0.1) is 17.2 Å². The maximum Gasteiger partial charge on any atom is 0.547 e. The molecule has 2 aromatic rings. The molecule has 2 aliphatic rings. The zero-order chi connectivity index (χ0) is 28.4. The van der Waals surface area contributed by atoms with Crippen molar-refractivity contribution in [2.24, 2.45) is 0 Å². The van der Waals surface area contributed by atoms with Crippen molar-refractivity contribution < 1.29 is 49.3 Å². The number of likely N-dealkylation sites (N-methyl/N-ethyl adjacent to an activating group) is 1.